The molecule has 0 N–H and O–H groups in total. The molecule has 2 aromatic rings. The zero-order chi connectivity index (χ0) is 22.1. The molecule has 0 fully saturated rings. The average Bonchev–Trinajstić information content (AvgIpc) is 2.68. The molecule has 0 unspecified atom stereocenters. The Labute approximate surface area is 187 Å². The van der Waals surface area contributed by atoms with Crippen LogP contribution in [0, 0.1) is 0 Å². The van der Waals surface area contributed by atoms with Gasteiger partial charge in [0.05, 0.1) is 8.80 Å². The summed E-state index contributed by atoms with van der Waals surface area (Å²) in [6, 6.07) is 15.1. The molecule has 0 nitrogen and oxygen atoms in total. The lowest BCUT2D eigenvalue weighted by Crippen LogP contribution is -2.43. The van der Waals surface area contributed by atoms with Crippen LogP contribution < -0.4 is 10.4 Å². The highest BCUT2D eigenvalue weighted by Gasteiger charge is 2.39. The summed E-state index contributed by atoms with van der Waals surface area (Å²) >= 11 is 0. The van der Waals surface area contributed by atoms with Gasteiger partial charge in [-0.3, -0.25) is 0 Å². The van der Waals surface area contributed by atoms with Gasteiger partial charge < -0.3 is 0 Å². The Morgan fingerprint density at radius 3 is 1.13 bits per heavy atom. The van der Waals surface area contributed by atoms with Crippen molar-refractivity contribution >= 4 is 19.2 Å². The minimum Gasteiger partial charge on any atom is -0.0642 e. The summed E-state index contributed by atoms with van der Waals surface area (Å²) in [5.74, 6) is 0. The van der Waals surface area contributed by atoms with E-state index >= 15 is 0 Å². The summed E-state index contributed by atoms with van der Waals surface area (Å²) < 4.78 is 0. The molecule has 0 radical (unpaired) electrons. The molecule has 0 heterocycles. The Hall–Kier alpha value is -1.34. The Morgan fingerprint density at radius 1 is 0.500 bits per heavy atom. The molecule has 162 valence electrons. The maximum Gasteiger partial charge on any atom is 0.0997 e. The minimum atomic E-state index is -1.22. The van der Waals surface area contributed by atoms with Crippen molar-refractivity contribution in [2.75, 3.05) is 0 Å². The highest BCUT2D eigenvalue weighted by Crippen LogP contribution is 2.46. The molecule has 2 aromatic carbocycles. The third kappa shape index (κ3) is 3.51. The molecule has 0 spiro atoms. The SMILES string of the molecule is C[SiH](c1ccc2c(c1)C(C)(C)CCC2(C)C)c1ccc2c(c1)C(C)(C)CCC2(C)C. The molecule has 0 saturated carbocycles. The van der Waals surface area contributed by atoms with Crippen molar-refractivity contribution in [1.29, 1.82) is 0 Å². The van der Waals surface area contributed by atoms with Gasteiger partial charge in [0.25, 0.3) is 0 Å². The van der Waals surface area contributed by atoms with Crippen LogP contribution in [0.15, 0.2) is 36.4 Å². The standard InChI is InChI=1S/C29H42Si/c1-26(2)14-16-28(5,6)24-18-20(10-12-22(24)26)30(9)21-11-13-23-25(19-21)29(7,8)17-15-27(23,3)4/h10-13,18-19,30H,14-17H2,1-9H3. The quantitative estimate of drug-likeness (QED) is 0.498. The summed E-state index contributed by atoms with van der Waals surface area (Å²) in [4.78, 5) is 0. The fourth-order valence-electron chi connectivity index (χ4n) is 5.94. The summed E-state index contributed by atoms with van der Waals surface area (Å²) in [5, 5.41) is 3.21. The topological polar surface area (TPSA) is 0 Å². The predicted octanol–water partition coefficient (Wildman–Crippen LogP) is 6.36. The van der Waals surface area contributed by atoms with Crippen LogP contribution in [0.4, 0.5) is 0 Å². The van der Waals surface area contributed by atoms with E-state index in [1.54, 1.807) is 32.6 Å². The first kappa shape index (κ1) is 21.9. The van der Waals surface area contributed by atoms with Gasteiger partial charge in [0.2, 0.25) is 0 Å². The Balaban J connectivity index is 1.77. The minimum absolute atomic E-state index is 0.289. The van der Waals surface area contributed by atoms with Gasteiger partial charge in [-0.25, -0.2) is 0 Å². The second-order valence-electron chi connectivity index (χ2n) is 12.9. The predicted molar refractivity (Wildman–Crippen MR) is 136 cm³/mol. The van der Waals surface area contributed by atoms with E-state index in [9.17, 15) is 0 Å². The van der Waals surface area contributed by atoms with E-state index in [1.807, 2.05) is 0 Å². The molecule has 30 heavy (non-hydrogen) atoms. The number of hydrogen-bond donors (Lipinski definition) is 0. The molecule has 2 aliphatic carbocycles. The smallest absolute Gasteiger partial charge is 0.0642 e. The monoisotopic (exact) mass is 418 g/mol. The zero-order valence-electron chi connectivity index (χ0n) is 20.9. The van der Waals surface area contributed by atoms with Crippen molar-refractivity contribution in [2.24, 2.45) is 0 Å². The van der Waals surface area contributed by atoms with Gasteiger partial charge in [-0.1, -0.05) is 109 Å². The molecule has 0 atom stereocenters. The fourth-order valence-corrected chi connectivity index (χ4v) is 7.93. The van der Waals surface area contributed by atoms with E-state index in [-0.39, 0.29) is 10.8 Å². The molecule has 0 amide bonds. The molecule has 1 heteroatoms. The lowest BCUT2D eigenvalue weighted by molar-refractivity contribution is 0.332. The van der Waals surface area contributed by atoms with E-state index in [1.165, 1.54) is 25.7 Å². The van der Waals surface area contributed by atoms with Gasteiger partial charge in [-0.2, -0.15) is 0 Å². The lowest BCUT2D eigenvalue weighted by Gasteiger charge is -2.43. The van der Waals surface area contributed by atoms with Crippen molar-refractivity contribution in [3.05, 3.63) is 58.7 Å². The molecule has 4 rings (SSSR count). The van der Waals surface area contributed by atoms with E-state index in [4.69, 9.17) is 0 Å². The number of benzene rings is 2. The second-order valence-corrected chi connectivity index (χ2v) is 15.6. The van der Waals surface area contributed by atoms with E-state index < -0.39 is 8.80 Å². The Bertz CT molecular complexity index is 894. The highest BCUT2D eigenvalue weighted by molar-refractivity contribution is 6.84. The van der Waals surface area contributed by atoms with E-state index in [0.29, 0.717) is 10.8 Å². The molecular weight excluding hydrogens is 376 g/mol. The maximum atomic E-state index is 2.60. The van der Waals surface area contributed by atoms with Crippen molar-refractivity contribution in [3.8, 4) is 0 Å². The third-order valence-corrected chi connectivity index (χ3v) is 11.5. The lowest BCUT2D eigenvalue weighted by atomic mass is 9.63. The van der Waals surface area contributed by atoms with Crippen LogP contribution in [0.25, 0.3) is 0 Å². The van der Waals surface area contributed by atoms with E-state index in [0.717, 1.165) is 0 Å². The van der Waals surface area contributed by atoms with Crippen LogP contribution in [0.2, 0.25) is 6.55 Å². The summed E-state index contributed by atoms with van der Waals surface area (Å²) in [7, 11) is -1.22. The molecule has 0 bridgehead atoms. The van der Waals surface area contributed by atoms with Crippen molar-refractivity contribution < 1.29 is 0 Å². The molecule has 2 aliphatic rings. The van der Waals surface area contributed by atoms with Gasteiger partial charge in [0, 0.05) is 0 Å². The van der Waals surface area contributed by atoms with Crippen LogP contribution in [0.5, 0.6) is 0 Å². The van der Waals surface area contributed by atoms with E-state index in [2.05, 4.69) is 98.3 Å². The van der Waals surface area contributed by atoms with Gasteiger partial charge in [0.15, 0.2) is 0 Å². The van der Waals surface area contributed by atoms with Crippen molar-refractivity contribution in [1.82, 2.24) is 0 Å². The van der Waals surface area contributed by atoms with Gasteiger partial charge in [0.1, 0.15) is 0 Å². The number of fused-ring (bicyclic) bond motifs is 2. The summed E-state index contributed by atoms with van der Waals surface area (Å²) in [5.41, 5.74) is 7.55. The van der Waals surface area contributed by atoms with Crippen LogP contribution in [-0.4, -0.2) is 8.80 Å². The van der Waals surface area contributed by atoms with Crippen LogP contribution in [0.3, 0.4) is 0 Å². The maximum absolute atomic E-state index is 2.60. The third-order valence-electron chi connectivity index (χ3n) is 8.75. The molecule has 0 aromatic heterocycles. The van der Waals surface area contributed by atoms with Crippen LogP contribution in [-0.2, 0) is 21.7 Å². The molecule has 0 saturated heterocycles. The van der Waals surface area contributed by atoms with Gasteiger partial charge in [-0.15, -0.1) is 0 Å². The van der Waals surface area contributed by atoms with Gasteiger partial charge in [-0.05, 0) is 69.6 Å². The fraction of sp³-hybridized carbons (Fsp3) is 0.586. The van der Waals surface area contributed by atoms with Crippen LogP contribution >= 0.6 is 0 Å². The number of rotatable bonds is 2. The molecular formula is C29H42Si. The van der Waals surface area contributed by atoms with Crippen LogP contribution in [0.1, 0.15) is 103 Å². The summed E-state index contributed by atoms with van der Waals surface area (Å²) in [6.45, 7) is 22.0. The first-order chi connectivity index (χ1) is 13.7. The molecule has 0 aliphatic heterocycles. The Kier molecular flexibility index (Phi) is 4.98. The highest BCUT2D eigenvalue weighted by atomic mass is 28.3. The normalized spacial score (nSPS) is 23.0. The van der Waals surface area contributed by atoms with Gasteiger partial charge >= 0.3 is 0 Å². The first-order valence-corrected chi connectivity index (χ1v) is 14.4. The average molecular weight is 419 g/mol. The number of hydrogen-bond acceptors (Lipinski definition) is 0. The van der Waals surface area contributed by atoms with Crippen molar-refractivity contribution in [2.45, 2.75) is 109 Å². The first-order valence-electron chi connectivity index (χ1n) is 12.0. The zero-order valence-corrected chi connectivity index (χ0v) is 22.0. The second kappa shape index (κ2) is 6.83. The largest absolute Gasteiger partial charge is 0.0997 e. The summed E-state index contributed by atoms with van der Waals surface area (Å²) in [6.07, 6.45) is 5.15. The van der Waals surface area contributed by atoms with Crippen molar-refractivity contribution in [3.63, 3.8) is 0 Å². The Morgan fingerprint density at radius 2 is 0.800 bits per heavy atom.